The standard InChI is InChI=1S/C12H15N5O3S/c1-20-11(18)6-17-5-3-9(16-17)15-12(19)8-7-21-10(14-8)2-4-13/h3,5,7H,2,4,6,13H2,1H3,(H,15,16,19). The average molecular weight is 309 g/mol. The van der Waals surface area contributed by atoms with Crippen LogP contribution in [0.3, 0.4) is 0 Å². The van der Waals surface area contributed by atoms with Gasteiger partial charge in [0.25, 0.3) is 5.91 Å². The Morgan fingerprint density at radius 3 is 3.05 bits per heavy atom. The van der Waals surface area contributed by atoms with Gasteiger partial charge < -0.3 is 15.8 Å². The van der Waals surface area contributed by atoms with Crippen LogP contribution in [0.25, 0.3) is 0 Å². The Hall–Kier alpha value is -2.26. The normalized spacial score (nSPS) is 10.4. The van der Waals surface area contributed by atoms with Gasteiger partial charge in [-0.2, -0.15) is 5.10 Å². The molecule has 0 aliphatic carbocycles. The maximum Gasteiger partial charge on any atom is 0.327 e. The number of amides is 1. The number of nitrogens with zero attached hydrogens (tertiary/aromatic N) is 3. The van der Waals surface area contributed by atoms with E-state index in [1.54, 1.807) is 17.6 Å². The molecule has 2 aromatic heterocycles. The highest BCUT2D eigenvalue weighted by Crippen LogP contribution is 2.12. The molecule has 21 heavy (non-hydrogen) atoms. The summed E-state index contributed by atoms with van der Waals surface area (Å²) in [6.45, 7) is 0.482. The van der Waals surface area contributed by atoms with Crippen molar-refractivity contribution in [1.29, 1.82) is 0 Å². The molecule has 0 bridgehead atoms. The summed E-state index contributed by atoms with van der Waals surface area (Å²) in [7, 11) is 1.30. The van der Waals surface area contributed by atoms with E-state index in [1.165, 1.54) is 23.1 Å². The number of methoxy groups -OCH3 is 1. The molecule has 0 unspecified atom stereocenters. The first-order valence-corrected chi connectivity index (χ1v) is 7.06. The first kappa shape index (κ1) is 15.1. The Bertz CT molecular complexity index is 636. The van der Waals surface area contributed by atoms with E-state index in [4.69, 9.17) is 5.73 Å². The molecule has 2 aromatic rings. The molecule has 0 spiro atoms. The number of esters is 1. The van der Waals surface area contributed by atoms with E-state index in [1.807, 2.05) is 0 Å². The van der Waals surface area contributed by atoms with Crippen LogP contribution in [0, 0.1) is 0 Å². The maximum atomic E-state index is 12.0. The lowest BCUT2D eigenvalue weighted by Crippen LogP contribution is -2.15. The van der Waals surface area contributed by atoms with Gasteiger partial charge in [-0.05, 0) is 6.54 Å². The fourth-order valence-electron chi connectivity index (χ4n) is 1.55. The summed E-state index contributed by atoms with van der Waals surface area (Å²) in [5.74, 6) is -0.419. The third-order valence-corrected chi connectivity index (χ3v) is 3.45. The molecule has 1 amide bonds. The summed E-state index contributed by atoms with van der Waals surface area (Å²) < 4.78 is 5.91. The molecule has 0 atom stereocenters. The summed E-state index contributed by atoms with van der Waals surface area (Å²) in [5, 5.41) is 9.15. The van der Waals surface area contributed by atoms with Gasteiger partial charge in [0.1, 0.15) is 12.2 Å². The Morgan fingerprint density at radius 2 is 2.33 bits per heavy atom. The lowest BCUT2D eigenvalue weighted by Gasteiger charge is -2.00. The monoisotopic (exact) mass is 309 g/mol. The van der Waals surface area contributed by atoms with Crippen molar-refractivity contribution in [3.8, 4) is 0 Å². The lowest BCUT2D eigenvalue weighted by atomic mass is 10.4. The van der Waals surface area contributed by atoms with Crippen LogP contribution < -0.4 is 11.1 Å². The molecular weight excluding hydrogens is 294 g/mol. The number of nitrogens with one attached hydrogen (secondary N) is 1. The molecule has 0 saturated heterocycles. The molecule has 2 heterocycles. The highest BCUT2D eigenvalue weighted by molar-refractivity contribution is 7.09. The number of hydrogen-bond donors (Lipinski definition) is 2. The van der Waals surface area contributed by atoms with Crippen molar-refractivity contribution in [2.45, 2.75) is 13.0 Å². The third kappa shape index (κ3) is 4.10. The van der Waals surface area contributed by atoms with E-state index in [0.29, 0.717) is 24.5 Å². The molecule has 2 rings (SSSR count). The lowest BCUT2D eigenvalue weighted by molar-refractivity contribution is -0.141. The highest BCUT2D eigenvalue weighted by Gasteiger charge is 2.12. The van der Waals surface area contributed by atoms with E-state index in [9.17, 15) is 9.59 Å². The topological polar surface area (TPSA) is 112 Å². The summed E-state index contributed by atoms with van der Waals surface area (Å²) in [5.41, 5.74) is 5.76. The quantitative estimate of drug-likeness (QED) is 0.741. The SMILES string of the molecule is COC(=O)Cn1ccc(NC(=O)c2csc(CCN)n2)n1. The molecule has 0 aromatic carbocycles. The van der Waals surface area contributed by atoms with E-state index < -0.39 is 5.97 Å². The zero-order valence-corrected chi connectivity index (χ0v) is 12.2. The van der Waals surface area contributed by atoms with Gasteiger partial charge in [0.15, 0.2) is 5.82 Å². The van der Waals surface area contributed by atoms with Crippen molar-refractivity contribution in [3.63, 3.8) is 0 Å². The number of ether oxygens (including phenoxy) is 1. The number of carbonyl (C=O) groups is 2. The van der Waals surface area contributed by atoms with Crippen LogP contribution in [-0.2, 0) is 22.5 Å². The van der Waals surface area contributed by atoms with Gasteiger partial charge >= 0.3 is 5.97 Å². The zero-order valence-electron chi connectivity index (χ0n) is 11.4. The molecular formula is C12H15N5O3S. The fraction of sp³-hybridized carbons (Fsp3) is 0.333. The number of thiazole rings is 1. The molecule has 8 nitrogen and oxygen atoms in total. The molecule has 3 N–H and O–H groups in total. The summed E-state index contributed by atoms with van der Waals surface area (Å²) >= 11 is 1.39. The first-order chi connectivity index (χ1) is 10.1. The number of hydrogen-bond acceptors (Lipinski definition) is 7. The zero-order chi connectivity index (χ0) is 15.2. The molecule has 0 radical (unpaired) electrons. The summed E-state index contributed by atoms with van der Waals surface area (Å²) in [4.78, 5) is 27.3. The van der Waals surface area contributed by atoms with Crippen LogP contribution in [0.1, 0.15) is 15.5 Å². The molecule has 0 aliphatic rings. The highest BCUT2D eigenvalue weighted by atomic mass is 32.1. The van der Waals surface area contributed by atoms with E-state index in [2.05, 4.69) is 20.1 Å². The van der Waals surface area contributed by atoms with Gasteiger partial charge in [-0.25, -0.2) is 4.98 Å². The smallest absolute Gasteiger partial charge is 0.327 e. The Balaban J connectivity index is 1.97. The van der Waals surface area contributed by atoms with Gasteiger partial charge in [0.2, 0.25) is 0 Å². The van der Waals surface area contributed by atoms with Crippen molar-refractivity contribution < 1.29 is 14.3 Å². The van der Waals surface area contributed by atoms with Gasteiger partial charge in [0.05, 0.1) is 12.1 Å². The van der Waals surface area contributed by atoms with Crippen molar-refractivity contribution >= 4 is 29.0 Å². The molecule has 0 fully saturated rings. The van der Waals surface area contributed by atoms with E-state index in [-0.39, 0.29) is 12.5 Å². The number of anilines is 1. The summed E-state index contributed by atoms with van der Waals surface area (Å²) in [6, 6.07) is 1.59. The number of nitrogens with two attached hydrogens (primary N) is 1. The second kappa shape index (κ2) is 6.95. The van der Waals surface area contributed by atoms with Crippen LogP contribution in [0.15, 0.2) is 17.6 Å². The van der Waals surface area contributed by atoms with Crippen molar-refractivity contribution in [2.24, 2.45) is 5.73 Å². The molecule has 9 heteroatoms. The number of aromatic nitrogens is 3. The van der Waals surface area contributed by atoms with Crippen LogP contribution in [0.4, 0.5) is 5.82 Å². The van der Waals surface area contributed by atoms with Crippen LogP contribution in [0.5, 0.6) is 0 Å². The van der Waals surface area contributed by atoms with Crippen molar-refractivity contribution in [3.05, 3.63) is 28.3 Å². The second-order valence-electron chi connectivity index (χ2n) is 4.09. The molecule has 112 valence electrons. The fourth-order valence-corrected chi connectivity index (χ4v) is 2.34. The minimum atomic E-state index is -0.415. The largest absolute Gasteiger partial charge is 0.468 e. The van der Waals surface area contributed by atoms with Gasteiger partial charge in [-0.1, -0.05) is 0 Å². The Morgan fingerprint density at radius 1 is 1.52 bits per heavy atom. The molecule has 0 aliphatic heterocycles. The van der Waals surface area contributed by atoms with Crippen molar-refractivity contribution in [1.82, 2.24) is 14.8 Å². The van der Waals surface area contributed by atoms with Crippen LogP contribution in [0.2, 0.25) is 0 Å². The molecule has 0 saturated carbocycles. The minimum Gasteiger partial charge on any atom is -0.468 e. The van der Waals surface area contributed by atoms with E-state index in [0.717, 1.165) is 5.01 Å². The van der Waals surface area contributed by atoms with Crippen LogP contribution >= 0.6 is 11.3 Å². The predicted molar refractivity (Wildman–Crippen MR) is 77.1 cm³/mol. The average Bonchev–Trinajstić information content (AvgIpc) is 3.09. The Kier molecular flexibility index (Phi) is 5.01. The van der Waals surface area contributed by atoms with Gasteiger partial charge in [-0.15, -0.1) is 11.3 Å². The summed E-state index contributed by atoms with van der Waals surface area (Å²) in [6.07, 6.45) is 2.22. The number of carbonyl (C=O) groups excluding carboxylic acids is 2. The number of rotatable bonds is 6. The Labute approximate surface area is 124 Å². The third-order valence-electron chi connectivity index (χ3n) is 2.54. The second-order valence-corrected chi connectivity index (χ2v) is 5.04. The minimum absolute atomic E-state index is 0.0102. The van der Waals surface area contributed by atoms with Gasteiger partial charge in [0, 0.05) is 24.1 Å². The van der Waals surface area contributed by atoms with Gasteiger partial charge in [-0.3, -0.25) is 14.3 Å². The van der Waals surface area contributed by atoms with Crippen LogP contribution in [-0.4, -0.2) is 40.3 Å². The predicted octanol–water partition coefficient (Wildman–Crippen LogP) is 0.266. The van der Waals surface area contributed by atoms with E-state index >= 15 is 0 Å². The van der Waals surface area contributed by atoms with Crippen molar-refractivity contribution in [2.75, 3.05) is 19.0 Å². The maximum absolute atomic E-state index is 12.0. The first-order valence-electron chi connectivity index (χ1n) is 6.18.